The summed E-state index contributed by atoms with van der Waals surface area (Å²) < 4.78 is 2.03. The van der Waals surface area contributed by atoms with E-state index in [0.717, 1.165) is 47.5 Å². The highest BCUT2D eigenvalue weighted by Gasteiger charge is 2.24. The molecule has 1 aliphatic rings. The Bertz CT molecular complexity index is 1030. The summed E-state index contributed by atoms with van der Waals surface area (Å²) >= 11 is 0. The number of benzene rings is 2. The SMILES string of the molecule is C=CC(=O)N1CCN(c2c3ccc(-c4cccc(O)c4)cc3nn2CC)CC1. The van der Waals surface area contributed by atoms with Crippen LogP contribution in [0.1, 0.15) is 6.92 Å². The second-order valence-corrected chi connectivity index (χ2v) is 6.94. The number of fused-ring (bicyclic) bond motifs is 1. The second kappa shape index (κ2) is 7.38. The van der Waals surface area contributed by atoms with E-state index in [-0.39, 0.29) is 11.7 Å². The first-order valence-corrected chi connectivity index (χ1v) is 9.57. The van der Waals surface area contributed by atoms with Crippen LogP contribution < -0.4 is 4.90 Å². The quantitative estimate of drug-likeness (QED) is 0.710. The number of nitrogens with zero attached hydrogens (tertiary/aromatic N) is 4. The van der Waals surface area contributed by atoms with Crippen LogP contribution in [0.2, 0.25) is 0 Å². The Labute approximate surface area is 164 Å². The smallest absolute Gasteiger partial charge is 0.246 e. The first kappa shape index (κ1) is 18.1. The summed E-state index contributed by atoms with van der Waals surface area (Å²) in [6.45, 7) is 9.35. The fourth-order valence-electron chi connectivity index (χ4n) is 3.81. The molecule has 0 saturated carbocycles. The van der Waals surface area contributed by atoms with Crippen molar-refractivity contribution < 1.29 is 9.90 Å². The van der Waals surface area contributed by atoms with E-state index in [1.165, 1.54) is 6.08 Å². The summed E-state index contributed by atoms with van der Waals surface area (Å²) in [5.41, 5.74) is 2.92. The lowest BCUT2D eigenvalue weighted by atomic mass is 10.0. The van der Waals surface area contributed by atoms with Crippen LogP contribution in [0, 0.1) is 0 Å². The highest BCUT2D eigenvalue weighted by atomic mass is 16.3. The number of hydrogen-bond donors (Lipinski definition) is 1. The largest absolute Gasteiger partial charge is 0.508 e. The molecule has 28 heavy (non-hydrogen) atoms. The van der Waals surface area contributed by atoms with Crippen molar-refractivity contribution >= 4 is 22.6 Å². The van der Waals surface area contributed by atoms with Gasteiger partial charge < -0.3 is 14.9 Å². The van der Waals surface area contributed by atoms with Crippen molar-refractivity contribution in [2.24, 2.45) is 0 Å². The minimum atomic E-state index is -0.00994. The van der Waals surface area contributed by atoms with Crippen molar-refractivity contribution in [3.05, 3.63) is 55.1 Å². The number of anilines is 1. The maximum absolute atomic E-state index is 11.8. The summed E-state index contributed by atoms with van der Waals surface area (Å²) in [6, 6.07) is 13.5. The van der Waals surface area contributed by atoms with Crippen LogP contribution in [-0.4, -0.2) is 51.9 Å². The molecule has 1 saturated heterocycles. The Hall–Kier alpha value is -3.28. The average Bonchev–Trinajstić information content (AvgIpc) is 3.11. The minimum Gasteiger partial charge on any atom is -0.508 e. The maximum atomic E-state index is 11.8. The van der Waals surface area contributed by atoms with Gasteiger partial charge in [-0.3, -0.25) is 4.79 Å². The number of aromatic hydroxyl groups is 1. The second-order valence-electron chi connectivity index (χ2n) is 6.94. The molecular formula is C22H24N4O2. The molecule has 144 valence electrons. The van der Waals surface area contributed by atoms with Gasteiger partial charge >= 0.3 is 0 Å². The van der Waals surface area contributed by atoms with E-state index in [4.69, 9.17) is 5.10 Å². The zero-order valence-corrected chi connectivity index (χ0v) is 16.0. The first-order valence-electron chi connectivity index (χ1n) is 9.57. The van der Waals surface area contributed by atoms with Gasteiger partial charge in [0.1, 0.15) is 11.6 Å². The van der Waals surface area contributed by atoms with Crippen LogP contribution in [0.4, 0.5) is 5.82 Å². The number of phenolic OH excluding ortho intramolecular Hbond substituents is 1. The van der Waals surface area contributed by atoms with Crippen LogP contribution >= 0.6 is 0 Å². The van der Waals surface area contributed by atoms with E-state index in [0.29, 0.717) is 13.1 Å². The number of carbonyl (C=O) groups is 1. The number of hydrogen-bond acceptors (Lipinski definition) is 4. The predicted octanol–water partition coefficient (Wildman–Crippen LogP) is 3.26. The van der Waals surface area contributed by atoms with E-state index >= 15 is 0 Å². The maximum Gasteiger partial charge on any atom is 0.246 e. The number of phenols is 1. The van der Waals surface area contributed by atoms with Crippen molar-refractivity contribution in [1.82, 2.24) is 14.7 Å². The van der Waals surface area contributed by atoms with Crippen molar-refractivity contribution in [3.8, 4) is 16.9 Å². The molecule has 1 aromatic heterocycles. The van der Waals surface area contributed by atoms with E-state index in [1.807, 2.05) is 21.7 Å². The zero-order chi connectivity index (χ0) is 19.7. The molecule has 1 amide bonds. The van der Waals surface area contributed by atoms with Gasteiger partial charge in [-0.1, -0.05) is 24.8 Å². The van der Waals surface area contributed by atoms with Crippen LogP contribution in [0.5, 0.6) is 5.75 Å². The first-order chi connectivity index (χ1) is 13.6. The average molecular weight is 376 g/mol. The Morgan fingerprint density at radius 1 is 1.14 bits per heavy atom. The summed E-state index contributed by atoms with van der Waals surface area (Å²) in [5, 5.41) is 15.7. The molecular weight excluding hydrogens is 352 g/mol. The van der Waals surface area contributed by atoms with Gasteiger partial charge in [-0.05, 0) is 48.4 Å². The van der Waals surface area contributed by atoms with Crippen molar-refractivity contribution in [3.63, 3.8) is 0 Å². The number of rotatable bonds is 4. The van der Waals surface area contributed by atoms with Gasteiger partial charge in [0.05, 0.1) is 5.52 Å². The number of carbonyl (C=O) groups excluding carboxylic acids is 1. The standard InChI is InChI=1S/C22H24N4O2/c1-3-21(28)24-10-12-25(13-11-24)22-19-9-8-17(15-20(19)23-26(22)4-2)16-6-5-7-18(27)14-16/h3,5-9,14-15,27H,1,4,10-13H2,2H3. The van der Waals surface area contributed by atoms with Gasteiger partial charge in [-0.25, -0.2) is 4.68 Å². The highest BCUT2D eigenvalue weighted by molar-refractivity contribution is 5.94. The third kappa shape index (κ3) is 3.22. The molecule has 1 aliphatic heterocycles. The Kier molecular flexibility index (Phi) is 4.77. The minimum absolute atomic E-state index is 0.00994. The lowest BCUT2D eigenvalue weighted by Gasteiger charge is -2.35. The predicted molar refractivity (Wildman–Crippen MR) is 111 cm³/mol. The molecule has 2 aromatic carbocycles. The van der Waals surface area contributed by atoms with E-state index in [2.05, 4.69) is 36.6 Å². The molecule has 6 nitrogen and oxygen atoms in total. The number of aryl methyl sites for hydroxylation is 1. The summed E-state index contributed by atoms with van der Waals surface area (Å²) in [7, 11) is 0. The van der Waals surface area contributed by atoms with E-state index < -0.39 is 0 Å². The van der Waals surface area contributed by atoms with E-state index in [9.17, 15) is 9.90 Å². The zero-order valence-electron chi connectivity index (χ0n) is 16.0. The number of amides is 1. The molecule has 0 unspecified atom stereocenters. The molecule has 4 rings (SSSR count). The lowest BCUT2D eigenvalue weighted by Crippen LogP contribution is -2.48. The monoisotopic (exact) mass is 376 g/mol. The van der Waals surface area contributed by atoms with Gasteiger partial charge in [-0.2, -0.15) is 5.10 Å². The fraction of sp³-hybridized carbons (Fsp3) is 0.273. The number of aromatic nitrogens is 2. The molecule has 0 spiro atoms. The molecule has 1 N–H and O–H groups in total. The topological polar surface area (TPSA) is 61.6 Å². The Morgan fingerprint density at radius 3 is 2.57 bits per heavy atom. The molecule has 6 heteroatoms. The summed E-state index contributed by atoms with van der Waals surface area (Å²) in [6.07, 6.45) is 1.38. The van der Waals surface area contributed by atoms with Gasteiger partial charge in [0.2, 0.25) is 5.91 Å². The fourth-order valence-corrected chi connectivity index (χ4v) is 3.81. The van der Waals surface area contributed by atoms with Crippen molar-refractivity contribution in [2.75, 3.05) is 31.1 Å². The lowest BCUT2D eigenvalue weighted by molar-refractivity contribution is -0.126. The Balaban J connectivity index is 1.67. The van der Waals surface area contributed by atoms with Crippen LogP contribution in [0.15, 0.2) is 55.1 Å². The molecule has 0 bridgehead atoms. The molecule has 3 aromatic rings. The van der Waals surface area contributed by atoms with Crippen LogP contribution in [-0.2, 0) is 11.3 Å². The third-order valence-electron chi connectivity index (χ3n) is 5.26. The number of piperazine rings is 1. The highest BCUT2D eigenvalue weighted by Crippen LogP contribution is 2.32. The van der Waals surface area contributed by atoms with Crippen LogP contribution in [0.25, 0.3) is 22.0 Å². The summed E-state index contributed by atoms with van der Waals surface area (Å²) in [5.74, 6) is 1.35. The molecule has 2 heterocycles. The molecule has 0 aliphatic carbocycles. The Morgan fingerprint density at radius 2 is 1.89 bits per heavy atom. The van der Waals surface area contributed by atoms with Gasteiger partial charge in [0.15, 0.2) is 0 Å². The van der Waals surface area contributed by atoms with Gasteiger partial charge in [0, 0.05) is 38.1 Å². The van der Waals surface area contributed by atoms with Crippen LogP contribution in [0.3, 0.4) is 0 Å². The van der Waals surface area contributed by atoms with Crippen molar-refractivity contribution in [1.29, 1.82) is 0 Å². The normalized spacial score (nSPS) is 14.5. The molecule has 1 fully saturated rings. The van der Waals surface area contributed by atoms with Crippen molar-refractivity contribution in [2.45, 2.75) is 13.5 Å². The summed E-state index contributed by atoms with van der Waals surface area (Å²) in [4.78, 5) is 16.0. The van der Waals surface area contributed by atoms with Gasteiger partial charge in [0.25, 0.3) is 0 Å². The molecule has 0 atom stereocenters. The van der Waals surface area contributed by atoms with E-state index in [1.54, 1.807) is 12.1 Å². The molecule has 0 radical (unpaired) electrons. The third-order valence-corrected chi connectivity index (χ3v) is 5.26. The van der Waals surface area contributed by atoms with Gasteiger partial charge in [-0.15, -0.1) is 0 Å².